The molecule has 19 heavy (non-hydrogen) atoms. The zero-order valence-electron chi connectivity index (χ0n) is 10.3. The van der Waals surface area contributed by atoms with Gasteiger partial charge in [0.2, 0.25) is 0 Å². The minimum atomic E-state index is -1.13. The Kier molecular flexibility index (Phi) is 3.57. The molecule has 0 radical (unpaired) electrons. The van der Waals surface area contributed by atoms with Crippen molar-refractivity contribution in [2.75, 3.05) is 20.0 Å². The fraction of sp³-hybridized carbons (Fsp3) is 0.167. The van der Waals surface area contributed by atoms with E-state index in [9.17, 15) is 4.79 Å². The number of benzene rings is 1. The Labute approximate surface area is 113 Å². The van der Waals surface area contributed by atoms with Crippen molar-refractivity contribution in [3.05, 3.63) is 23.9 Å². The molecule has 0 saturated carbocycles. The van der Waals surface area contributed by atoms with Crippen molar-refractivity contribution >= 4 is 22.4 Å². The molecular weight excluding hydrogens is 268 g/mol. The summed E-state index contributed by atoms with van der Waals surface area (Å²) < 4.78 is 10.5. The molecule has 1 heterocycles. The molecule has 0 spiro atoms. The molecule has 0 saturated heterocycles. The number of rotatable bonds is 4. The van der Waals surface area contributed by atoms with Gasteiger partial charge in [-0.3, -0.25) is 0 Å². The number of methoxy groups -OCH3 is 2. The number of aromatic carboxylic acids is 1. The van der Waals surface area contributed by atoms with Gasteiger partial charge in [0.15, 0.2) is 22.3 Å². The Morgan fingerprint density at radius 3 is 2.68 bits per heavy atom. The van der Waals surface area contributed by atoms with E-state index in [0.29, 0.717) is 21.9 Å². The maximum Gasteiger partial charge on any atom is 0.356 e. The highest BCUT2D eigenvalue weighted by molar-refractivity contribution is 7.19. The van der Waals surface area contributed by atoms with Crippen LogP contribution in [0.5, 0.6) is 11.5 Å². The van der Waals surface area contributed by atoms with Crippen LogP contribution in [0, 0.1) is 0 Å². The summed E-state index contributed by atoms with van der Waals surface area (Å²) in [6, 6.07) is 5.21. The van der Waals surface area contributed by atoms with Crippen LogP contribution >= 0.6 is 11.3 Å². The minimum Gasteiger partial charge on any atom is -0.493 e. The lowest BCUT2D eigenvalue weighted by Gasteiger charge is -2.11. The highest BCUT2D eigenvalue weighted by atomic mass is 32.1. The van der Waals surface area contributed by atoms with Gasteiger partial charge in [-0.05, 0) is 12.1 Å². The van der Waals surface area contributed by atoms with Crippen molar-refractivity contribution in [3.8, 4) is 21.9 Å². The molecule has 0 atom stereocenters. The zero-order chi connectivity index (χ0) is 14.0. The second-order valence-corrected chi connectivity index (χ2v) is 4.61. The molecule has 1 aromatic carbocycles. The molecule has 0 aliphatic heterocycles. The van der Waals surface area contributed by atoms with E-state index in [-0.39, 0.29) is 10.8 Å². The fourth-order valence-corrected chi connectivity index (χ4v) is 2.58. The number of aromatic nitrogens is 1. The van der Waals surface area contributed by atoms with Crippen molar-refractivity contribution in [2.24, 2.45) is 0 Å². The van der Waals surface area contributed by atoms with Crippen LogP contribution in [0.1, 0.15) is 10.5 Å². The van der Waals surface area contributed by atoms with Gasteiger partial charge in [0.05, 0.1) is 19.1 Å². The Morgan fingerprint density at radius 1 is 1.37 bits per heavy atom. The normalized spacial score (nSPS) is 10.2. The summed E-state index contributed by atoms with van der Waals surface area (Å²) in [7, 11) is 3.01. The Bertz CT molecular complexity index is 624. The van der Waals surface area contributed by atoms with Gasteiger partial charge >= 0.3 is 5.97 Å². The number of ether oxygens (including phenoxy) is 2. The first-order valence-corrected chi connectivity index (χ1v) is 6.11. The first kappa shape index (κ1) is 13.2. The third-order valence-electron chi connectivity index (χ3n) is 2.49. The highest BCUT2D eigenvalue weighted by Crippen LogP contribution is 2.42. The van der Waals surface area contributed by atoms with Gasteiger partial charge in [-0.15, -0.1) is 0 Å². The number of thiazole rings is 1. The topological polar surface area (TPSA) is 94.7 Å². The van der Waals surface area contributed by atoms with E-state index in [1.165, 1.54) is 14.2 Å². The molecule has 0 aliphatic rings. The van der Waals surface area contributed by atoms with Crippen LogP contribution in [0.2, 0.25) is 0 Å². The van der Waals surface area contributed by atoms with Crippen LogP contribution in [-0.4, -0.2) is 30.3 Å². The van der Waals surface area contributed by atoms with Gasteiger partial charge in [-0.25, -0.2) is 9.78 Å². The summed E-state index contributed by atoms with van der Waals surface area (Å²) in [6.07, 6.45) is 0. The number of carbonyl (C=O) groups is 1. The standard InChI is InChI=1S/C12H12N2O4S/c1-17-7-5-3-4-6(9(7)18-2)10-8(11(15)16)14-12(13)19-10/h3-5H,1-2H3,(H2,13,14)(H,15,16). The Morgan fingerprint density at radius 2 is 2.11 bits per heavy atom. The van der Waals surface area contributed by atoms with Gasteiger partial charge in [-0.2, -0.15) is 0 Å². The molecule has 0 unspecified atom stereocenters. The predicted molar refractivity (Wildman–Crippen MR) is 72.0 cm³/mol. The van der Waals surface area contributed by atoms with Crippen LogP contribution < -0.4 is 15.2 Å². The number of carboxylic acid groups (broad SMARTS) is 1. The minimum absolute atomic E-state index is 0.0888. The largest absolute Gasteiger partial charge is 0.493 e. The molecule has 1 aromatic heterocycles. The lowest BCUT2D eigenvalue weighted by molar-refractivity contribution is 0.0692. The molecule has 0 amide bonds. The molecule has 6 nitrogen and oxygen atoms in total. The van der Waals surface area contributed by atoms with E-state index in [0.717, 1.165) is 11.3 Å². The van der Waals surface area contributed by atoms with E-state index >= 15 is 0 Å². The average Bonchev–Trinajstić information content (AvgIpc) is 2.79. The number of hydrogen-bond donors (Lipinski definition) is 2. The summed E-state index contributed by atoms with van der Waals surface area (Å²) in [4.78, 5) is 15.4. The van der Waals surface area contributed by atoms with Crippen LogP contribution in [-0.2, 0) is 0 Å². The van der Waals surface area contributed by atoms with Crippen LogP contribution in [0.3, 0.4) is 0 Å². The third-order valence-corrected chi connectivity index (χ3v) is 3.41. The first-order chi connectivity index (χ1) is 9.08. The first-order valence-electron chi connectivity index (χ1n) is 5.29. The number of nitrogens with zero attached hydrogens (tertiary/aromatic N) is 1. The number of nitrogen functional groups attached to an aromatic ring is 1. The van der Waals surface area contributed by atoms with E-state index < -0.39 is 5.97 Å². The summed E-state index contributed by atoms with van der Waals surface area (Å²) >= 11 is 1.09. The van der Waals surface area contributed by atoms with E-state index in [1.54, 1.807) is 18.2 Å². The molecule has 0 aliphatic carbocycles. The van der Waals surface area contributed by atoms with Crippen molar-refractivity contribution < 1.29 is 19.4 Å². The summed E-state index contributed by atoms with van der Waals surface area (Å²) in [5, 5.41) is 9.34. The molecule has 3 N–H and O–H groups in total. The summed E-state index contributed by atoms with van der Waals surface area (Å²) in [5.41, 5.74) is 6.09. The van der Waals surface area contributed by atoms with Gasteiger partial charge in [0, 0.05) is 5.56 Å². The molecule has 7 heteroatoms. The molecular formula is C12H12N2O4S. The second-order valence-electron chi connectivity index (χ2n) is 3.58. The van der Waals surface area contributed by atoms with Gasteiger partial charge in [-0.1, -0.05) is 17.4 Å². The van der Waals surface area contributed by atoms with Crippen LogP contribution in [0.15, 0.2) is 18.2 Å². The van der Waals surface area contributed by atoms with Gasteiger partial charge in [0.1, 0.15) is 0 Å². The lowest BCUT2D eigenvalue weighted by Crippen LogP contribution is -2.00. The molecule has 2 aromatic rings. The summed E-state index contributed by atoms with van der Waals surface area (Å²) in [6.45, 7) is 0. The highest BCUT2D eigenvalue weighted by Gasteiger charge is 2.22. The van der Waals surface area contributed by atoms with Gasteiger partial charge in [0.25, 0.3) is 0 Å². The molecule has 0 fully saturated rings. The SMILES string of the molecule is COc1cccc(-c2sc(N)nc2C(=O)O)c1OC. The number of para-hydroxylation sites is 1. The third kappa shape index (κ3) is 2.32. The number of hydrogen-bond acceptors (Lipinski definition) is 6. The Hall–Kier alpha value is -2.28. The monoisotopic (exact) mass is 280 g/mol. The smallest absolute Gasteiger partial charge is 0.356 e. The van der Waals surface area contributed by atoms with E-state index in [2.05, 4.69) is 4.98 Å². The molecule has 2 rings (SSSR count). The van der Waals surface area contributed by atoms with Crippen molar-refractivity contribution in [1.82, 2.24) is 4.98 Å². The second kappa shape index (κ2) is 5.15. The maximum absolute atomic E-state index is 11.2. The quantitative estimate of drug-likeness (QED) is 0.890. The van der Waals surface area contributed by atoms with Gasteiger partial charge < -0.3 is 20.3 Å². The Balaban J connectivity index is 2.68. The van der Waals surface area contributed by atoms with Crippen molar-refractivity contribution in [1.29, 1.82) is 0 Å². The number of anilines is 1. The van der Waals surface area contributed by atoms with Crippen LogP contribution in [0.25, 0.3) is 10.4 Å². The number of nitrogens with two attached hydrogens (primary N) is 1. The lowest BCUT2D eigenvalue weighted by atomic mass is 10.1. The van der Waals surface area contributed by atoms with Crippen molar-refractivity contribution in [3.63, 3.8) is 0 Å². The number of carboxylic acids is 1. The average molecular weight is 280 g/mol. The molecule has 100 valence electrons. The maximum atomic E-state index is 11.2. The van der Waals surface area contributed by atoms with E-state index in [4.69, 9.17) is 20.3 Å². The predicted octanol–water partition coefficient (Wildman–Crippen LogP) is 2.11. The summed E-state index contributed by atoms with van der Waals surface area (Å²) in [5.74, 6) is -0.160. The zero-order valence-corrected chi connectivity index (χ0v) is 11.2. The van der Waals surface area contributed by atoms with Crippen molar-refractivity contribution in [2.45, 2.75) is 0 Å². The molecule has 0 bridgehead atoms. The fourth-order valence-electron chi connectivity index (χ4n) is 1.73. The van der Waals surface area contributed by atoms with E-state index in [1.807, 2.05) is 0 Å². The van der Waals surface area contributed by atoms with Crippen LogP contribution in [0.4, 0.5) is 5.13 Å².